The van der Waals surface area contributed by atoms with Crippen LogP contribution in [0.25, 0.3) is 5.65 Å². The van der Waals surface area contributed by atoms with Crippen LogP contribution in [0.5, 0.6) is 11.6 Å². The first-order valence-corrected chi connectivity index (χ1v) is 12.4. The fraction of sp³-hybridized carbons (Fsp3) is 0.250. The number of nitrogens with zero attached hydrogens (tertiary/aromatic N) is 3. The number of amides is 3. The molecule has 11 heteroatoms. The van der Waals surface area contributed by atoms with E-state index in [1.54, 1.807) is 30.5 Å². The maximum Gasteiger partial charge on any atom is 0.239 e. The lowest BCUT2D eigenvalue weighted by molar-refractivity contribution is -0.135. The molecule has 2 aromatic carbocycles. The summed E-state index contributed by atoms with van der Waals surface area (Å²) in [5.41, 5.74) is 0.762. The van der Waals surface area contributed by atoms with E-state index in [4.69, 9.17) is 4.74 Å². The van der Waals surface area contributed by atoms with Crippen LogP contribution < -0.4 is 20.7 Å². The van der Waals surface area contributed by atoms with Crippen molar-refractivity contribution in [1.82, 2.24) is 14.6 Å². The Labute approximate surface area is 223 Å². The van der Waals surface area contributed by atoms with Gasteiger partial charge in [-0.3, -0.25) is 14.4 Å². The predicted octanol–water partition coefficient (Wildman–Crippen LogP) is 4.92. The Kier molecular flexibility index (Phi) is 6.73. The Balaban J connectivity index is 1.23. The Hall–Kier alpha value is -4.80. The van der Waals surface area contributed by atoms with Crippen LogP contribution >= 0.6 is 0 Å². The molecule has 0 unspecified atom stereocenters. The zero-order valence-electron chi connectivity index (χ0n) is 21.6. The summed E-state index contributed by atoms with van der Waals surface area (Å²) >= 11 is 0. The first-order chi connectivity index (χ1) is 18.6. The Morgan fingerprint density at radius 2 is 1.69 bits per heavy atom. The van der Waals surface area contributed by atoms with Gasteiger partial charge in [-0.1, -0.05) is 12.1 Å². The Morgan fingerprint density at radius 3 is 2.36 bits per heavy atom. The minimum atomic E-state index is -1.43. The number of aromatic nitrogens is 3. The molecule has 3 amide bonds. The standard InChI is InChI=1S/C28H27FN6O4/c1-16-5-4-6-18(13-16)30-26(37)28(2,3)27(38)31-19-9-10-21(20(29)14-19)39-24-12-11-23-32-22(15-35(23)34-24)33-25(36)17-7-8-17/h4-6,9-15,17H,7-8H2,1-3H3,(H,30,37)(H,31,38)(H,33,36). The maximum absolute atomic E-state index is 14.9. The van der Waals surface area contributed by atoms with Crippen molar-refractivity contribution < 1.29 is 23.5 Å². The number of carbonyl (C=O) groups excluding carboxylic acids is 3. The third-order valence-electron chi connectivity index (χ3n) is 6.31. The van der Waals surface area contributed by atoms with Gasteiger partial charge in [-0.15, -0.1) is 5.10 Å². The molecule has 39 heavy (non-hydrogen) atoms. The summed E-state index contributed by atoms with van der Waals surface area (Å²) in [5, 5.41) is 12.3. The summed E-state index contributed by atoms with van der Waals surface area (Å²) in [6, 6.07) is 14.3. The van der Waals surface area contributed by atoms with Gasteiger partial charge in [-0.25, -0.2) is 13.9 Å². The predicted molar refractivity (Wildman–Crippen MR) is 143 cm³/mol. The largest absolute Gasteiger partial charge is 0.434 e. The van der Waals surface area contributed by atoms with Crippen LogP contribution in [-0.2, 0) is 14.4 Å². The van der Waals surface area contributed by atoms with E-state index in [1.807, 2.05) is 13.0 Å². The fourth-order valence-corrected chi connectivity index (χ4v) is 3.73. The van der Waals surface area contributed by atoms with Crippen LogP contribution in [0.2, 0.25) is 0 Å². The number of hydrogen-bond donors (Lipinski definition) is 3. The Morgan fingerprint density at radius 1 is 0.974 bits per heavy atom. The number of hydrogen-bond acceptors (Lipinski definition) is 6. The van der Waals surface area contributed by atoms with Crippen LogP contribution in [0.15, 0.2) is 60.8 Å². The molecule has 1 aliphatic rings. The highest BCUT2D eigenvalue weighted by Gasteiger charge is 2.36. The number of ether oxygens (including phenoxy) is 1. The second kappa shape index (κ2) is 10.2. The molecule has 1 saturated carbocycles. The molecule has 0 spiro atoms. The highest BCUT2D eigenvalue weighted by molar-refractivity contribution is 6.14. The van der Waals surface area contributed by atoms with Crippen molar-refractivity contribution in [2.45, 2.75) is 33.6 Å². The van der Waals surface area contributed by atoms with Gasteiger partial charge in [-0.2, -0.15) is 0 Å². The summed E-state index contributed by atoms with van der Waals surface area (Å²) < 4.78 is 21.9. The van der Waals surface area contributed by atoms with Gasteiger partial charge >= 0.3 is 0 Å². The van der Waals surface area contributed by atoms with E-state index in [0.29, 0.717) is 17.2 Å². The average Bonchev–Trinajstić information content (AvgIpc) is 3.66. The molecular weight excluding hydrogens is 503 g/mol. The van der Waals surface area contributed by atoms with Gasteiger partial charge in [0, 0.05) is 29.4 Å². The van der Waals surface area contributed by atoms with Crippen molar-refractivity contribution >= 4 is 40.6 Å². The smallest absolute Gasteiger partial charge is 0.239 e. The van der Waals surface area contributed by atoms with Gasteiger partial charge < -0.3 is 20.7 Å². The van der Waals surface area contributed by atoms with Gasteiger partial charge in [0.1, 0.15) is 5.41 Å². The molecular formula is C28H27FN6O4. The second-order valence-electron chi connectivity index (χ2n) is 10.0. The van der Waals surface area contributed by atoms with E-state index < -0.39 is 23.0 Å². The summed E-state index contributed by atoms with van der Waals surface area (Å²) in [4.78, 5) is 41.9. The van der Waals surface area contributed by atoms with Crippen LogP contribution in [0.4, 0.5) is 21.6 Å². The number of anilines is 3. The second-order valence-corrected chi connectivity index (χ2v) is 10.0. The zero-order valence-corrected chi connectivity index (χ0v) is 21.6. The topological polar surface area (TPSA) is 127 Å². The minimum absolute atomic E-state index is 0.0410. The average molecular weight is 531 g/mol. The fourth-order valence-electron chi connectivity index (χ4n) is 3.73. The van der Waals surface area contributed by atoms with E-state index in [0.717, 1.165) is 24.5 Å². The van der Waals surface area contributed by atoms with Crippen molar-refractivity contribution in [2.75, 3.05) is 16.0 Å². The van der Waals surface area contributed by atoms with Gasteiger partial charge in [0.15, 0.2) is 23.0 Å². The first-order valence-electron chi connectivity index (χ1n) is 12.4. The number of carbonyl (C=O) groups is 3. The molecule has 0 bridgehead atoms. The van der Waals surface area contributed by atoms with Crippen LogP contribution in [0, 0.1) is 24.1 Å². The number of aryl methyl sites for hydroxylation is 1. The van der Waals surface area contributed by atoms with Crippen molar-refractivity contribution in [2.24, 2.45) is 11.3 Å². The summed E-state index contributed by atoms with van der Waals surface area (Å²) in [5.74, 6) is -1.50. The van der Waals surface area contributed by atoms with Crippen molar-refractivity contribution in [3.63, 3.8) is 0 Å². The van der Waals surface area contributed by atoms with Gasteiger partial charge in [0.25, 0.3) is 0 Å². The van der Waals surface area contributed by atoms with Crippen LogP contribution in [0.3, 0.4) is 0 Å². The molecule has 1 aliphatic carbocycles. The number of nitrogens with one attached hydrogen (secondary N) is 3. The molecule has 0 saturated heterocycles. The number of benzene rings is 2. The van der Waals surface area contributed by atoms with E-state index in [-0.39, 0.29) is 29.1 Å². The SMILES string of the molecule is Cc1cccc(NC(=O)C(C)(C)C(=O)Nc2ccc(Oc3ccc4nc(NC(=O)C5CC5)cn4n3)c(F)c2)c1. The van der Waals surface area contributed by atoms with Gasteiger partial charge in [0.05, 0.1) is 6.20 Å². The number of imidazole rings is 1. The van der Waals surface area contributed by atoms with Crippen molar-refractivity contribution in [1.29, 1.82) is 0 Å². The third kappa shape index (κ3) is 5.87. The molecule has 200 valence electrons. The summed E-state index contributed by atoms with van der Waals surface area (Å²) in [7, 11) is 0. The quantitative estimate of drug-likeness (QED) is 0.278. The molecule has 5 rings (SSSR count). The van der Waals surface area contributed by atoms with E-state index >= 15 is 0 Å². The van der Waals surface area contributed by atoms with Gasteiger partial charge in [0.2, 0.25) is 23.6 Å². The number of fused-ring (bicyclic) bond motifs is 1. The molecule has 0 atom stereocenters. The summed E-state index contributed by atoms with van der Waals surface area (Å²) in [6.07, 6.45) is 3.31. The van der Waals surface area contributed by atoms with Crippen molar-refractivity contribution in [3.8, 4) is 11.6 Å². The lowest BCUT2D eigenvalue weighted by atomic mass is 9.90. The molecule has 1 fully saturated rings. The number of halogens is 1. The van der Waals surface area contributed by atoms with Crippen LogP contribution in [-0.4, -0.2) is 32.3 Å². The minimum Gasteiger partial charge on any atom is -0.434 e. The molecule has 3 N–H and O–H groups in total. The highest BCUT2D eigenvalue weighted by atomic mass is 19.1. The molecule has 2 heterocycles. The lowest BCUT2D eigenvalue weighted by Gasteiger charge is -2.23. The lowest BCUT2D eigenvalue weighted by Crippen LogP contribution is -2.41. The Bertz CT molecular complexity index is 1590. The molecule has 10 nitrogen and oxygen atoms in total. The third-order valence-corrected chi connectivity index (χ3v) is 6.31. The maximum atomic E-state index is 14.9. The van der Waals surface area contributed by atoms with E-state index in [2.05, 4.69) is 26.0 Å². The first kappa shape index (κ1) is 25.8. The van der Waals surface area contributed by atoms with Crippen LogP contribution in [0.1, 0.15) is 32.3 Å². The monoisotopic (exact) mass is 530 g/mol. The normalized spacial score (nSPS) is 13.1. The van der Waals surface area contributed by atoms with E-state index in [9.17, 15) is 18.8 Å². The molecule has 0 aliphatic heterocycles. The zero-order chi connectivity index (χ0) is 27.7. The van der Waals surface area contributed by atoms with Gasteiger partial charge in [-0.05, 0) is 69.5 Å². The number of rotatable bonds is 8. The molecule has 2 aromatic heterocycles. The van der Waals surface area contributed by atoms with E-state index in [1.165, 1.54) is 36.6 Å². The summed E-state index contributed by atoms with van der Waals surface area (Å²) in [6.45, 7) is 4.87. The molecule has 4 aromatic rings. The highest BCUT2D eigenvalue weighted by Crippen LogP contribution is 2.30. The molecule has 0 radical (unpaired) electrons. The van der Waals surface area contributed by atoms with Crippen molar-refractivity contribution in [3.05, 3.63) is 72.2 Å².